The molecule has 0 spiro atoms. The average Bonchev–Trinajstić information content (AvgIpc) is 3.18. The van der Waals surface area contributed by atoms with Gasteiger partial charge in [0.1, 0.15) is 5.82 Å². The first-order chi connectivity index (χ1) is 19.4. The third kappa shape index (κ3) is 6.47. The van der Waals surface area contributed by atoms with Gasteiger partial charge in [0.2, 0.25) is 11.8 Å². The molecular formula is C32H45FN6O2. The zero-order chi connectivity index (χ0) is 29.5. The summed E-state index contributed by atoms with van der Waals surface area (Å²) in [5, 5.41) is 3.62. The van der Waals surface area contributed by atoms with Crippen molar-refractivity contribution in [1.82, 2.24) is 25.0 Å². The first-order valence-electron chi connectivity index (χ1n) is 14.9. The Labute approximate surface area is 243 Å². The number of fused-ring (bicyclic) bond motifs is 1. The fourth-order valence-corrected chi connectivity index (χ4v) is 6.81. The summed E-state index contributed by atoms with van der Waals surface area (Å²) >= 11 is 0. The average molecular weight is 565 g/mol. The molecule has 222 valence electrons. The lowest BCUT2D eigenvalue weighted by atomic mass is 9.88. The number of anilines is 1. The topological polar surface area (TPSA) is 72.0 Å². The Hall–Kier alpha value is -2.88. The van der Waals surface area contributed by atoms with Gasteiger partial charge in [-0.05, 0) is 44.5 Å². The molecule has 0 radical (unpaired) electrons. The number of piperazine rings is 2. The largest absolute Gasteiger partial charge is 0.340 e. The summed E-state index contributed by atoms with van der Waals surface area (Å²) in [5.74, 6) is -0.0112. The number of carbonyl (C=O) groups is 2. The van der Waals surface area contributed by atoms with E-state index in [2.05, 4.69) is 49.7 Å². The molecule has 0 aliphatic carbocycles. The molecule has 1 N–H and O–H groups in total. The number of carbonyl (C=O) groups excluding carboxylic acids is 2. The van der Waals surface area contributed by atoms with Crippen LogP contribution in [0.5, 0.6) is 0 Å². The van der Waals surface area contributed by atoms with Crippen molar-refractivity contribution in [3.63, 3.8) is 0 Å². The second-order valence-corrected chi connectivity index (χ2v) is 13.1. The van der Waals surface area contributed by atoms with Gasteiger partial charge in [0, 0.05) is 99.6 Å². The van der Waals surface area contributed by atoms with Crippen LogP contribution in [0.15, 0.2) is 36.5 Å². The highest BCUT2D eigenvalue weighted by Crippen LogP contribution is 2.40. The van der Waals surface area contributed by atoms with Gasteiger partial charge in [0.25, 0.3) is 0 Å². The van der Waals surface area contributed by atoms with E-state index in [1.165, 1.54) is 12.1 Å². The summed E-state index contributed by atoms with van der Waals surface area (Å²) < 4.78 is 13.4. The maximum atomic E-state index is 14.0. The van der Waals surface area contributed by atoms with E-state index in [0.717, 1.165) is 55.2 Å². The van der Waals surface area contributed by atoms with Crippen LogP contribution in [0, 0.1) is 5.82 Å². The summed E-state index contributed by atoms with van der Waals surface area (Å²) in [5.41, 5.74) is 3.69. The van der Waals surface area contributed by atoms with Gasteiger partial charge < -0.3 is 15.1 Å². The molecule has 4 atom stereocenters. The molecule has 2 amide bonds. The van der Waals surface area contributed by atoms with E-state index in [-0.39, 0.29) is 41.2 Å². The number of aromatic nitrogens is 1. The van der Waals surface area contributed by atoms with Crippen LogP contribution in [0.3, 0.4) is 0 Å². The van der Waals surface area contributed by atoms with Crippen molar-refractivity contribution in [3.05, 3.63) is 59.2 Å². The van der Waals surface area contributed by atoms with Gasteiger partial charge in [0.15, 0.2) is 0 Å². The highest BCUT2D eigenvalue weighted by molar-refractivity contribution is 5.97. The lowest BCUT2D eigenvalue weighted by Gasteiger charge is -2.48. The molecule has 9 heteroatoms. The zero-order valence-electron chi connectivity index (χ0n) is 25.4. The van der Waals surface area contributed by atoms with Crippen molar-refractivity contribution in [2.75, 3.05) is 50.7 Å². The molecule has 1 aromatic heterocycles. The second kappa shape index (κ2) is 11.8. The number of benzene rings is 1. The van der Waals surface area contributed by atoms with Crippen LogP contribution in [0.25, 0.3) is 0 Å². The van der Waals surface area contributed by atoms with Gasteiger partial charge in [-0.15, -0.1) is 0 Å². The first-order valence-corrected chi connectivity index (χ1v) is 14.9. The molecule has 5 rings (SSSR count). The second-order valence-electron chi connectivity index (χ2n) is 13.1. The lowest BCUT2D eigenvalue weighted by Crippen LogP contribution is -2.65. The Bertz CT molecular complexity index is 1260. The Morgan fingerprint density at radius 3 is 2.41 bits per heavy atom. The van der Waals surface area contributed by atoms with Crippen LogP contribution in [-0.4, -0.2) is 101 Å². The van der Waals surface area contributed by atoms with Gasteiger partial charge in [-0.25, -0.2) is 4.39 Å². The number of rotatable bonds is 6. The summed E-state index contributed by atoms with van der Waals surface area (Å²) in [7, 11) is 0. The van der Waals surface area contributed by atoms with Crippen molar-refractivity contribution < 1.29 is 14.0 Å². The van der Waals surface area contributed by atoms with Gasteiger partial charge in [0.05, 0.1) is 12.2 Å². The third-order valence-corrected chi connectivity index (χ3v) is 9.15. The molecule has 2 saturated heterocycles. The maximum absolute atomic E-state index is 14.0. The van der Waals surface area contributed by atoms with Crippen molar-refractivity contribution >= 4 is 17.5 Å². The molecule has 0 saturated carbocycles. The molecule has 41 heavy (non-hydrogen) atoms. The molecular weight excluding hydrogens is 519 g/mol. The number of hydrogen-bond acceptors (Lipinski definition) is 6. The van der Waals surface area contributed by atoms with Crippen molar-refractivity contribution in [2.45, 2.75) is 77.5 Å². The monoisotopic (exact) mass is 564 g/mol. The maximum Gasteiger partial charge on any atom is 0.241 e. The predicted octanol–water partition coefficient (Wildman–Crippen LogP) is 3.04. The summed E-state index contributed by atoms with van der Waals surface area (Å²) in [4.78, 5) is 39.5. The first kappa shape index (κ1) is 29.6. The Morgan fingerprint density at radius 2 is 1.76 bits per heavy atom. The minimum Gasteiger partial charge on any atom is -0.340 e. The van der Waals surface area contributed by atoms with Gasteiger partial charge >= 0.3 is 0 Å². The number of amides is 2. The van der Waals surface area contributed by atoms with E-state index in [9.17, 15) is 14.0 Å². The Morgan fingerprint density at radius 1 is 1.07 bits per heavy atom. The fraction of sp³-hybridized carbons (Fsp3) is 0.594. The minimum absolute atomic E-state index is 0.109. The fourth-order valence-electron chi connectivity index (χ4n) is 6.81. The quantitative estimate of drug-likeness (QED) is 0.582. The molecule has 0 bridgehead atoms. The number of halogens is 1. The molecule has 4 heterocycles. The standard InChI is InChI=1S/C32H45FN6O2/c1-21-15-37(28(13-34-21)18-38-22(2)16-36(24(4)40)17-23(38)3)19-31(41)39-20-32(5,6)29-14-35-27(12-30(29)39)11-25-7-9-26(33)10-8-25/h7-10,12,14,21-23,28,34H,11,13,15-20H2,1-6H3/t21?,22-,23?,28-/m1/s1. The van der Waals surface area contributed by atoms with E-state index >= 15 is 0 Å². The molecule has 2 aromatic rings. The van der Waals surface area contributed by atoms with E-state index in [4.69, 9.17) is 4.98 Å². The Balaban J connectivity index is 1.31. The number of hydrogen-bond donors (Lipinski definition) is 1. The van der Waals surface area contributed by atoms with Crippen molar-refractivity contribution in [2.24, 2.45) is 0 Å². The summed E-state index contributed by atoms with van der Waals surface area (Å²) in [6.07, 6.45) is 2.50. The van der Waals surface area contributed by atoms with Crippen molar-refractivity contribution in [1.29, 1.82) is 0 Å². The lowest BCUT2D eigenvalue weighted by molar-refractivity contribution is -0.133. The molecule has 8 nitrogen and oxygen atoms in total. The van der Waals surface area contributed by atoms with Crippen LogP contribution in [0.4, 0.5) is 10.1 Å². The molecule has 2 fully saturated rings. The minimum atomic E-state index is -0.253. The SMILES string of the molecule is CC(=O)N1CC(C)N(C[C@H]2CNC(C)CN2CC(=O)N2CC(C)(C)c3cnc(Cc4ccc(F)cc4)cc32)[C@H](C)C1. The van der Waals surface area contributed by atoms with Gasteiger partial charge in [-0.3, -0.25) is 24.4 Å². The highest BCUT2D eigenvalue weighted by atomic mass is 19.1. The van der Waals surface area contributed by atoms with E-state index in [1.807, 2.05) is 22.1 Å². The van der Waals surface area contributed by atoms with Crippen LogP contribution >= 0.6 is 0 Å². The van der Waals surface area contributed by atoms with Crippen LogP contribution < -0.4 is 10.2 Å². The molecule has 3 aliphatic rings. The smallest absolute Gasteiger partial charge is 0.241 e. The van der Waals surface area contributed by atoms with Gasteiger partial charge in [-0.1, -0.05) is 26.0 Å². The van der Waals surface area contributed by atoms with Gasteiger partial charge in [-0.2, -0.15) is 0 Å². The van der Waals surface area contributed by atoms with Crippen molar-refractivity contribution in [3.8, 4) is 0 Å². The zero-order valence-corrected chi connectivity index (χ0v) is 25.4. The molecule has 2 unspecified atom stereocenters. The normalized spacial score (nSPS) is 26.7. The molecule has 1 aromatic carbocycles. The number of nitrogens with zero attached hydrogens (tertiary/aromatic N) is 5. The van der Waals surface area contributed by atoms with E-state index in [0.29, 0.717) is 25.6 Å². The van der Waals surface area contributed by atoms with Crippen LogP contribution in [0.2, 0.25) is 0 Å². The highest BCUT2D eigenvalue weighted by Gasteiger charge is 2.41. The third-order valence-electron chi connectivity index (χ3n) is 9.15. The number of pyridine rings is 1. The van der Waals surface area contributed by atoms with E-state index in [1.54, 1.807) is 19.1 Å². The molecule has 3 aliphatic heterocycles. The predicted molar refractivity (Wildman–Crippen MR) is 160 cm³/mol. The number of nitrogens with one attached hydrogen (secondary N) is 1. The van der Waals surface area contributed by atoms with E-state index < -0.39 is 0 Å². The Kier molecular flexibility index (Phi) is 8.51. The van der Waals surface area contributed by atoms with Crippen LogP contribution in [0.1, 0.15) is 58.4 Å². The summed E-state index contributed by atoms with van der Waals surface area (Å²) in [6.45, 7) is 17.5. The summed E-state index contributed by atoms with van der Waals surface area (Å²) in [6, 6.07) is 9.57. The van der Waals surface area contributed by atoms with Crippen LogP contribution in [-0.2, 0) is 21.4 Å².